The van der Waals surface area contributed by atoms with Crippen LogP contribution in [0.3, 0.4) is 0 Å². The summed E-state index contributed by atoms with van der Waals surface area (Å²) < 4.78 is 16.9. The van der Waals surface area contributed by atoms with Crippen LogP contribution in [0, 0.1) is 0 Å². The van der Waals surface area contributed by atoms with Gasteiger partial charge < -0.3 is 14.2 Å². The van der Waals surface area contributed by atoms with Crippen molar-refractivity contribution in [3.63, 3.8) is 0 Å². The lowest BCUT2D eigenvalue weighted by molar-refractivity contribution is -0.167. The van der Waals surface area contributed by atoms with Crippen LogP contribution in [0.2, 0.25) is 0 Å². The Morgan fingerprint density at radius 1 is 0.235 bits per heavy atom. The summed E-state index contributed by atoms with van der Waals surface area (Å²) in [5.74, 6) is -0.831. The van der Waals surface area contributed by atoms with E-state index in [0.717, 1.165) is 57.8 Å². The fourth-order valence-corrected chi connectivity index (χ4v) is 11.7. The zero-order chi connectivity index (χ0) is 58.5. The lowest BCUT2D eigenvalue weighted by Gasteiger charge is -2.18. The summed E-state index contributed by atoms with van der Waals surface area (Å²) in [5.41, 5.74) is 0. The SMILES string of the molecule is CCCCCCCCCC/C=C\CCCCCCCCCCCCCCCCCCCCCCCC(=O)OCC(COC(=O)CCCCCCCCCC)OC(=O)CCCCCCCCCCCCCCCCCCCCCCCC. The predicted octanol–water partition coefficient (Wildman–Crippen LogP) is 25.6. The van der Waals surface area contributed by atoms with E-state index in [1.54, 1.807) is 0 Å². The first-order valence-electron chi connectivity index (χ1n) is 37.2. The number of ether oxygens (including phenoxy) is 3. The highest BCUT2D eigenvalue weighted by atomic mass is 16.6. The summed E-state index contributed by atoms with van der Waals surface area (Å²) >= 11 is 0. The molecule has 0 bridgehead atoms. The monoisotopic (exact) mass is 1140 g/mol. The normalized spacial score (nSPS) is 12.0. The maximum absolute atomic E-state index is 12.9. The molecule has 0 spiro atoms. The smallest absolute Gasteiger partial charge is 0.306 e. The average molecular weight is 1140 g/mol. The highest BCUT2D eigenvalue weighted by Gasteiger charge is 2.20. The second kappa shape index (κ2) is 70.6. The Morgan fingerprint density at radius 2 is 0.407 bits per heavy atom. The summed E-state index contributed by atoms with van der Waals surface area (Å²) in [6.45, 7) is 6.70. The van der Waals surface area contributed by atoms with E-state index in [2.05, 4.69) is 32.9 Å². The molecule has 1 unspecified atom stereocenters. The van der Waals surface area contributed by atoms with Gasteiger partial charge in [-0.05, 0) is 44.9 Å². The largest absolute Gasteiger partial charge is 0.462 e. The lowest BCUT2D eigenvalue weighted by atomic mass is 10.0. The summed E-state index contributed by atoms with van der Waals surface area (Å²) in [6, 6.07) is 0. The summed E-state index contributed by atoms with van der Waals surface area (Å²) in [6.07, 6.45) is 85.8. The van der Waals surface area contributed by atoms with E-state index in [1.807, 2.05) is 0 Å². The van der Waals surface area contributed by atoms with Gasteiger partial charge in [0.25, 0.3) is 0 Å². The molecule has 0 rings (SSSR count). The molecule has 0 aliphatic rings. The van der Waals surface area contributed by atoms with Crippen molar-refractivity contribution in [3.8, 4) is 0 Å². The van der Waals surface area contributed by atoms with Crippen LogP contribution in [0.1, 0.15) is 432 Å². The quantitative estimate of drug-likeness (QED) is 0.0261. The van der Waals surface area contributed by atoms with Crippen molar-refractivity contribution in [1.29, 1.82) is 0 Å². The Balaban J connectivity index is 3.97. The molecule has 0 aromatic rings. The standard InChI is InChI=1S/C75H144O6/c1-4-7-10-13-16-19-21-23-25-27-29-31-33-34-35-36-37-38-39-40-41-42-43-45-46-48-50-52-54-56-59-62-65-68-74(77)80-71-72(70-79-73(76)67-64-61-58-18-15-12-9-6-3)81-75(78)69-66-63-60-57-55-53-51-49-47-44-32-30-28-26-24-22-20-17-14-11-8-5-2/h27,29,72H,4-26,28,30-71H2,1-3H3/b29-27-. The molecule has 0 amide bonds. The van der Waals surface area contributed by atoms with Crippen molar-refractivity contribution in [2.75, 3.05) is 13.2 Å². The summed E-state index contributed by atoms with van der Waals surface area (Å²) in [5, 5.41) is 0. The lowest BCUT2D eigenvalue weighted by Crippen LogP contribution is -2.30. The predicted molar refractivity (Wildman–Crippen MR) is 353 cm³/mol. The maximum atomic E-state index is 12.9. The highest BCUT2D eigenvalue weighted by molar-refractivity contribution is 5.71. The fraction of sp³-hybridized carbons (Fsp3) is 0.933. The van der Waals surface area contributed by atoms with Gasteiger partial charge in [-0.3, -0.25) is 14.4 Å². The van der Waals surface area contributed by atoms with Gasteiger partial charge in [0.05, 0.1) is 0 Å². The number of hydrogen-bond acceptors (Lipinski definition) is 6. The van der Waals surface area contributed by atoms with Crippen LogP contribution in [0.25, 0.3) is 0 Å². The van der Waals surface area contributed by atoms with Crippen LogP contribution >= 0.6 is 0 Å². The molecule has 0 fully saturated rings. The van der Waals surface area contributed by atoms with E-state index >= 15 is 0 Å². The molecule has 6 nitrogen and oxygen atoms in total. The van der Waals surface area contributed by atoms with Gasteiger partial charge >= 0.3 is 17.9 Å². The minimum Gasteiger partial charge on any atom is -0.462 e. The third-order valence-electron chi connectivity index (χ3n) is 17.3. The van der Waals surface area contributed by atoms with Crippen molar-refractivity contribution in [3.05, 3.63) is 12.2 Å². The van der Waals surface area contributed by atoms with Crippen LogP contribution < -0.4 is 0 Å². The number of unbranched alkanes of at least 4 members (excludes halogenated alkanes) is 57. The third kappa shape index (κ3) is 68.8. The molecule has 0 radical (unpaired) electrons. The van der Waals surface area contributed by atoms with Gasteiger partial charge in [0.1, 0.15) is 13.2 Å². The molecule has 0 heterocycles. The summed E-state index contributed by atoms with van der Waals surface area (Å²) in [4.78, 5) is 38.3. The number of allylic oxidation sites excluding steroid dienone is 2. The molecule has 0 aliphatic heterocycles. The second-order valence-electron chi connectivity index (χ2n) is 25.6. The molecule has 0 aromatic heterocycles. The van der Waals surface area contributed by atoms with Crippen LogP contribution in [-0.4, -0.2) is 37.2 Å². The van der Waals surface area contributed by atoms with E-state index in [9.17, 15) is 14.4 Å². The Kier molecular flexibility index (Phi) is 69.0. The van der Waals surface area contributed by atoms with Gasteiger partial charge in [-0.2, -0.15) is 0 Å². The van der Waals surface area contributed by atoms with E-state index in [1.165, 1.54) is 334 Å². The molecule has 1 atom stereocenters. The first-order valence-corrected chi connectivity index (χ1v) is 37.2. The number of carbonyl (C=O) groups excluding carboxylic acids is 3. The van der Waals surface area contributed by atoms with Crippen molar-refractivity contribution >= 4 is 17.9 Å². The van der Waals surface area contributed by atoms with E-state index in [-0.39, 0.29) is 31.1 Å². The number of carbonyl (C=O) groups is 3. The molecule has 6 heteroatoms. The van der Waals surface area contributed by atoms with Gasteiger partial charge in [0.2, 0.25) is 0 Å². The Bertz CT molecular complexity index is 1260. The minimum atomic E-state index is -0.763. The van der Waals surface area contributed by atoms with Crippen molar-refractivity contribution in [2.45, 2.75) is 438 Å². The van der Waals surface area contributed by atoms with E-state index < -0.39 is 6.10 Å². The molecular weight excluding hydrogens is 997 g/mol. The molecule has 0 aromatic carbocycles. The first kappa shape index (κ1) is 79.2. The number of hydrogen-bond donors (Lipinski definition) is 0. The molecule has 0 N–H and O–H groups in total. The van der Waals surface area contributed by atoms with Crippen LogP contribution in [-0.2, 0) is 28.6 Å². The second-order valence-corrected chi connectivity index (χ2v) is 25.6. The van der Waals surface area contributed by atoms with E-state index in [4.69, 9.17) is 14.2 Å². The molecule has 0 aliphatic carbocycles. The fourth-order valence-electron chi connectivity index (χ4n) is 11.7. The van der Waals surface area contributed by atoms with Gasteiger partial charge in [-0.25, -0.2) is 0 Å². The molecule has 480 valence electrons. The molecule has 0 saturated carbocycles. The van der Waals surface area contributed by atoms with E-state index in [0.29, 0.717) is 19.3 Å². The van der Waals surface area contributed by atoms with Crippen LogP contribution in [0.4, 0.5) is 0 Å². The van der Waals surface area contributed by atoms with Crippen molar-refractivity contribution < 1.29 is 28.6 Å². The zero-order valence-electron chi connectivity index (χ0n) is 55.4. The van der Waals surface area contributed by atoms with Gasteiger partial charge in [-0.1, -0.05) is 380 Å². The highest BCUT2D eigenvalue weighted by Crippen LogP contribution is 2.19. The Labute approximate surface area is 507 Å². The first-order chi connectivity index (χ1) is 40.0. The molecule has 81 heavy (non-hydrogen) atoms. The van der Waals surface area contributed by atoms with Gasteiger partial charge in [0, 0.05) is 19.3 Å². The minimum absolute atomic E-state index is 0.0622. The zero-order valence-corrected chi connectivity index (χ0v) is 55.4. The van der Waals surface area contributed by atoms with Gasteiger partial charge in [-0.15, -0.1) is 0 Å². The number of rotatable bonds is 70. The van der Waals surface area contributed by atoms with Crippen molar-refractivity contribution in [1.82, 2.24) is 0 Å². The summed E-state index contributed by atoms with van der Waals surface area (Å²) in [7, 11) is 0. The van der Waals surface area contributed by atoms with Crippen molar-refractivity contribution in [2.24, 2.45) is 0 Å². The topological polar surface area (TPSA) is 78.9 Å². The Morgan fingerprint density at radius 3 is 0.617 bits per heavy atom. The molecule has 0 saturated heterocycles. The average Bonchev–Trinajstić information content (AvgIpc) is 3.47. The van der Waals surface area contributed by atoms with Crippen LogP contribution in [0.5, 0.6) is 0 Å². The number of esters is 3. The Hall–Kier alpha value is -1.85. The third-order valence-corrected chi connectivity index (χ3v) is 17.3. The van der Waals surface area contributed by atoms with Crippen LogP contribution in [0.15, 0.2) is 12.2 Å². The molecular formula is C75H144O6. The maximum Gasteiger partial charge on any atom is 0.306 e. The van der Waals surface area contributed by atoms with Gasteiger partial charge in [0.15, 0.2) is 6.10 Å².